The number of anilines is 1. The van der Waals surface area contributed by atoms with E-state index < -0.39 is 0 Å². The Morgan fingerprint density at radius 2 is 2.00 bits per heavy atom. The molecule has 1 aromatic carbocycles. The van der Waals surface area contributed by atoms with Gasteiger partial charge in [-0.25, -0.2) is 4.98 Å². The van der Waals surface area contributed by atoms with Crippen LogP contribution in [0, 0.1) is 0 Å². The molecule has 1 N–H and O–H groups in total. The van der Waals surface area contributed by atoms with Crippen molar-refractivity contribution < 1.29 is 0 Å². The van der Waals surface area contributed by atoms with Crippen LogP contribution in [0.25, 0.3) is 0 Å². The van der Waals surface area contributed by atoms with Gasteiger partial charge in [0.1, 0.15) is 5.82 Å². The number of hydrogen-bond donors (Lipinski definition) is 1. The Bertz CT molecular complexity index is 576. The van der Waals surface area contributed by atoms with E-state index in [1.807, 2.05) is 30.5 Å². The molecule has 2 rings (SSSR count). The first kappa shape index (κ1) is 15.5. The van der Waals surface area contributed by atoms with Crippen LogP contribution in [0.15, 0.2) is 41.4 Å². The van der Waals surface area contributed by atoms with Crippen LogP contribution in [0.1, 0.15) is 18.9 Å². The zero-order chi connectivity index (χ0) is 14.4. The second-order valence-electron chi connectivity index (χ2n) is 4.34. The van der Waals surface area contributed by atoms with E-state index in [2.05, 4.69) is 23.3 Å². The van der Waals surface area contributed by atoms with Crippen LogP contribution in [0.3, 0.4) is 0 Å². The molecule has 0 amide bonds. The third-order valence-corrected chi connectivity index (χ3v) is 4.48. The number of halogens is 2. The Hall–Kier alpha value is -0.900. The number of benzene rings is 1. The van der Waals surface area contributed by atoms with Crippen LogP contribution in [-0.4, -0.2) is 11.5 Å². The summed E-state index contributed by atoms with van der Waals surface area (Å²) in [4.78, 5) is 5.41. The highest BCUT2D eigenvalue weighted by Gasteiger charge is 2.02. The summed E-state index contributed by atoms with van der Waals surface area (Å²) in [5, 5.41) is 4.47. The summed E-state index contributed by atoms with van der Waals surface area (Å²) in [6, 6.07) is 9.82. The minimum absolute atomic E-state index is 0.589. The molecule has 0 aliphatic heterocycles. The lowest BCUT2D eigenvalue weighted by molar-refractivity contribution is 0.968. The van der Waals surface area contributed by atoms with Crippen molar-refractivity contribution in [3.05, 3.63) is 52.1 Å². The lowest BCUT2D eigenvalue weighted by Crippen LogP contribution is -2.01. The third kappa shape index (κ3) is 4.58. The first-order chi connectivity index (χ1) is 9.69. The fourth-order valence-corrected chi connectivity index (χ4v) is 2.89. The average molecular weight is 327 g/mol. The van der Waals surface area contributed by atoms with Crippen molar-refractivity contribution in [1.29, 1.82) is 0 Å². The zero-order valence-electron chi connectivity index (χ0n) is 11.2. The monoisotopic (exact) mass is 326 g/mol. The molecule has 0 fully saturated rings. The van der Waals surface area contributed by atoms with Gasteiger partial charge in [-0.1, -0.05) is 30.1 Å². The molecular formula is C15H16Cl2N2S. The minimum Gasteiger partial charge on any atom is -0.370 e. The van der Waals surface area contributed by atoms with Gasteiger partial charge < -0.3 is 5.32 Å². The average Bonchev–Trinajstić information content (AvgIpc) is 2.47. The van der Waals surface area contributed by atoms with E-state index in [-0.39, 0.29) is 0 Å². The van der Waals surface area contributed by atoms with Gasteiger partial charge in [0.15, 0.2) is 0 Å². The van der Waals surface area contributed by atoms with Crippen molar-refractivity contribution in [2.75, 3.05) is 11.9 Å². The number of nitrogens with zero attached hydrogens (tertiary/aromatic N) is 1. The van der Waals surface area contributed by atoms with Crippen LogP contribution in [0.4, 0.5) is 5.82 Å². The number of aromatic nitrogens is 1. The predicted molar refractivity (Wildman–Crippen MR) is 89.0 cm³/mol. The molecule has 0 aliphatic carbocycles. The van der Waals surface area contributed by atoms with E-state index in [4.69, 9.17) is 23.2 Å². The first-order valence-electron chi connectivity index (χ1n) is 6.45. The Morgan fingerprint density at radius 1 is 1.15 bits per heavy atom. The number of pyridine rings is 1. The Kier molecular flexibility index (Phi) is 6.02. The van der Waals surface area contributed by atoms with E-state index >= 15 is 0 Å². The summed E-state index contributed by atoms with van der Waals surface area (Å²) >= 11 is 13.7. The largest absolute Gasteiger partial charge is 0.370 e. The molecule has 0 bridgehead atoms. The molecule has 1 aromatic heterocycles. The van der Waals surface area contributed by atoms with E-state index in [0.29, 0.717) is 10.0 Å². The number of hydrogen-bond acceptors (Lipinski definition) is 3. The lowest BCUT2D eigenvalue weighted by Gasteiger charge is -2.07. The molecular weight excluding hydrogens is 311 g/mol. The molecule has 2 aromatic rings. The van der Waals surface area contributed by atoms with Gasteiger partial charge in [0, 0.05) is 23.4 Å². The Balaban J connectivity index is 1.97. The second kappa shape index (κ2) is 7.77. The highest BCUT2D eigenvalue weighted by Crippen LogP contribution is 2.29. The maximum absolute atomic E-state index is 6.01. The maximum atomic E-state index is 6.01. The van der Waals surface area contributed by atoms with E-state index in [0.717, 1.165) is 29.4 Å². The topological polar surface area (TPSA) is 24.9 Å². The fraction of sp³-hybridized carbons (Fsp3) is 0.267. The highest BCUT2D eigenvalue weighted by atomic mass is 35.5. The molecule has 1 heterocycles. The molecule has 2 nitrogen and oxygen atoms in total. The van der Waals surface area contributed by atoms with Gasteiger partial charge in [0.25, 0.3) is 0 Å². The van der Waals surface area contributed by atoms with E-state index in [9.17, 15) is 0 Å². The minimum atomic E-state index is 0.589. The quantitative estimate of drug-likeness (QED) is 0.709. The lowest BCUT2D eigenvalue weighted by atomic mass is 10.3. The maximum Gasteiger partial charge on any atom is 0.126 e. The normalized spacial score (nSPS) is 10.6. The van der Waals surface area contributed by atoms with Crippen molar-refractivity contribution in [2.24, 2.45) is 0 Å². The number of rotatable bonds is 6. The van der Waals surface area contributed by atoms with Gasteiger partial charge in [-0.05, 0) is 42.3 Å². The van der Waals surface area contributed by atoms with Crippen LogP contribution in [0.2, 0.25) is 10.0 Å². The van der Waals surface area contributed by atoms with Crippen molar-refractivity contribution in [3.63, 3.8) is 0 Å². The summed E-state index contributed by atoms with van der Waals surface area (Å²) in [5.74, 6) is 1.81. The van der Waals surface area contributed by atoms with E-state index in [1.54, 1.807) is 11.8 Å². The second-order valence-corrected chi connectivity index (χ2v) is 6.20. The molecule has 0 radical (unpaired) electrons. The zero-order valence-corrected chi connectivity index (χ0v) is 13.5. The molecule has 20 heavy (non-hydrogen) atoms. The Labute approximate surface area is 133 Å². The van der Waals surface area contributed by atoms with Crippen molar-refractivity contribution >= 4 is 40.8 Å². The molecule has 0 saturated heterocycles. The van der Waals surface area contributed by atoms with Crippen LogP contribution in [-0.2, 0) is 5.75 Å². The molecule has 0 spiro atoms. The van der Waals surface area contributed by atoms with E-state index in [1.165, 1.54) is 5.56 Å². The van der Waals surface area contributed by atoms with Gasteiger partial charge in [-0.2, -0.15) is 0 Å². The van der Waals surface area contributed by atoms with Crippen LogP contribution < -0.4 is 5.32 Å². The number of nitrogens with one attached hydrogen (secondary N) is 1. The molecule has 0 unspecified atom stereocenters. The van der Waals surface area contributed by atoms with Gasteiger partial charge >= 0.3 is 0 Å². The standard InChI is InChI=1S/C15H16Cl2N2S/c1-2-6-18-15-8-11(5-7-19-15)10-20-12-3-4-13(16)14(17)9-12/h3-5,7-9H,2,6,10H2,1H3,(H,18,19). The van der Waals surface area contributed by atoms with Crippen molar-refractivity contribution in [1.82, 2.24) is 4.98 Å². The smallest absolute Gasteiger partial charge is 0.126 e. The summed E-state index contributed by atoms with van der Waals surface area (Å²) in [6.45, 7) is 3.08. The van der Waals surface area contributed by atoms with Gasteiger partial charge in [-0.15, -0.1) is 11.8 Å². The third-order valence-electron chi connectivity index (χ3n) is 2.68. The SMILES string of the molecule is CCCNc1cc(CSc2ccc(Cl)c(Cl)c2)ccn1. The molecule has 0 saturated carbocycles. The van der Waals surface area contributed by atoms with Gasteiger partial charge in [0.05, 0.1) is 10.0 Å². The molecule has 0 aliphatic rings. The summed E-state index contributed by atoms with van der Waals surface area (Å²) in [5.41, 5.74) is 1.23. The molecule has 0 atom stereocenters. The summed E-state index contributed by atoms with van der Waals surface area (Å²) < 4.78 is 0. The van der Waals surface area contributed by atoms with Crippen LogP contribution in [0.5, 0.6) is 0 Å². The van der Waals surface area contributed by atoms with Gasteiger partial charge in [-0.3, -0.25) is 0 Å². The summed E-state index contributed by atoms with van der Waals surface area (Å²) in [7, 11) is 0. The van der Waals surface area contributed by atoms with Gasteiger partial charge in [0.2, 0.25) is 0 Å². The highest BCUT2D eigenvalue weighted by molar-refractivity contribution is 7.98. The predicted octanol–water partition coefficient (Wildman–Crippen LogP) is 5.50. The fourth-order valence-electron chi connectivity index (χ4n) is 1.65. The number of thioether (sulfide) groups is 1. The molecule has 5 heteroatoms. The van der Waals surface area contributed by atoms with Crippen LogP contribution >= 0.6 is 35.0 Å². The Morgan fingerprint density at radius 3 is 2.75 bits per heavy atom. The van der Waals surface area contributed by atoms with Crippen molar-refractivity contribution in [3.8, 4) is 0 Å². The first-order valence-corrected chi connectivity index (χ1v) is 8.20. The molecule has 106 valence electrons. The van der Waals surface area contributed by atoms with Crippen molar-refractivity contribution in [2.45, 2.75) is 24.0 Å². The summed E-state index contributed by atoms with van der Waals surface area (Å²) in [6.07, 6.45) is 2.92.